The lowest BCUT2D eigenvalue weighted by atomic mass is 10.1. The molecular formula is C22H16N4O4. The number of aromatic nitrogens is 2. The number of rotatable bonds is 4. The van der Waals surface area contributed by atoms with Crippen molar-refractivity contribution in [2.24, 2.45) is 7.05 Å². The molecule has 8 nitrogen and oxygen atoms in total. The van der Waals surface area contributed by atoms with Crippen LogP contribution in [0, 0.1) is 10.1 Å². The maximum absolute atomic E-state index is 13.3. The third kappa shape index (κ3) is 3.30. The van der Waals surface area contributed by atoms with E-state index in [1.807, 2.05) is 0 Å². The summed E-state index contributed by atoms with van der Waals surface area (Å²) in [7, 11) is 1.73. The number of nitrogens with one attached hydrogen (secondary N) is 1. The van der Waals surface area contributed by atoms with Crippen LogP contribution in [0.25, 0.3) is 22.2 Å². The molecule has 0 saturated carbocycles. The van der Waals surface area contributed by atoms with Crippen LogP contribution in [0.1, 0.15) is 10.4 Å². The average molecular weight is 400 g/mol. The first kappa shape index (κ1) is 19.0. The van der Waals surface area contributed by atoms with Gasteiger partial charge in [-0.15, -0.1) is 0 Å². The van der Waals surface area contributed by atoms with Gasteiger partial charge < -0.3 is 9.88 Å². The lowest BCUT2D eigenvalue weighted by Gasteiger charge is -2.17. The first-order valence-electron chi connectivity index (χ1n) is 9.06. The fraction of sp³-hybridized carbons (Fsp3) is 0.0455. The zero-order chi connectivity index (χ0) is 21.3. The fourth-order valence-electron chi connectivity index (χ4n) is 3.32. The van der Waals surface area contributed by atoms with Crippen molar-refractivity contribution in [2.75, 3.05) is 5.32 Å². The van der Waals surface area contributed by atoms with Crippen LogP contribution >= 0.6 is 0 Å². The molecular weight excluding hydrogens is 384 g/mol. The van der Waals surface area contributed by atoms with E-state index >= 15 is 0 Å². The Kier molecular flexibility index (Phi) is 4.81. The van der Waals surface area contributed by atoms with Crippen molar-refractivity contribution < 1.29 is 9.72 Å². The fourth-order valence-corrected chi connectivity index (χ4v) is 3.32. The molecule has 0 aliphatic rings. The van der Waals surface area contributed by atoms with E-state index in [-0.39, 0.29) is 28.1 Å². The Hall–Kier alpha value is -4.33. The van der Waals surface area contributed by atoms with E-state index in [1.54, 1.807) is 60.3 Å². The molecule has 0 radical (unpaired) electrons. The average Bonchev–Trinajstić information content (AvgIpc) is 2.78. The summed E-state index contributed by atoms with van der Waals surface area (Å²) in [4.78, 5) is 40.9. The smallest absolute Gasteiger partial charge is 0.270 e. The first-order valence-corrected chi connectivity index (χ1v) is 9.06. The monoisotopic (exact) mass is 400 g/mol. The Morgan fingerprint density at radius 1 is 1.07 bits per heavy atom. The van der Waals surface area contributed by atoms with Crippen molar-refractivity contribution >= 4 is 28.3 Å². The van der Waals surface area contributed by atoms with E-state index in [0.29, 0.717) is 16.6 Å². The Morgan fingerprint density at radius 3 is 2.57 bits per heavy atom. The molecule has 0 spiro atoms. The van der Waals surface area contributed by atoms with Crippen molar-refractivity contribution in [3.63, 3.8) is 0 Å². The van der Waals surface area contributed by atoms with Gasteiger partial charge >= 0.3 is 0 Å². The maximum Gasteiger partial charge on any atom is 0.270 e. The van der Waals surface area contributed by atoms with Crippen LogP contribution in [0.5, 0.6) is 0 Å². The predicted molar refractivity (Wildman–Crippen MR) is 113 cm³/mol. The molecule has 0 atom stereocenters. The molecule has 1 N–H and O–H groups in total. The Labute approximate surface area is 170 Å². The number of non-ortho nitro benzene ring substituents is 1. The van der Waals surface area contributed by atoms with E-state index in [9.17, 15) is 19.7 Å². The molecule has 8 heteroatoms. The van der Waals surface area contributed by atoms with E-state index in [4.69, 9.17) is 0 Å². The number of aryl methyl sites for hydroxylation is 1. The van der Waals surface area contributed by atoms with Crippen molar-refractivity contribution in [1.29, 1.82) is 0 Å². The van der Waals surface area contributed by atoms with Gasteiger partial charge in [0.1, 0.15) is 5.82 Å². The number of hydrogen-bond donors (Lipinski definition) is 1. The van der Waals surface area contributed by atoms with E-state index in [0.717, 1.165) is 0 Å². The number of pyridine rings is 2. The van der Waals surface area contributed by atoms with Crippen LogP contribution in [0.4, 0.5) is 11.5 Å². The van der Waals surface area contributed by atoms with Gasteiger partial charge in [0.15, 0.2) is 0 Å². The van der Waals surface area contributed by atoms with Gasteiger partial charge in [-0.1, -0.05) is 24.3 Å². The molecule has 2 heterocycles. The zero-order valence-corrected chi connectivity index (χ0v) is 15.9. The van der Waals surface area contributed by atoms with Crippen LogP contribution in [0.3, 0.4) is 0 Å². The molecule has 4 aromatic rings. The molecule has 1 amide bonds. The Balaban J connectivity index is 1.91. The van der Waals surface area contributed by atoms with Crippen molar-refractivity contribution in [3.8, 4) is 11.3 Å². The van der Waals surface area contributed by atoms with E-state index in [1.165, 1.54) is 24.3 Å². The molecule has 0 aliphatic carbocycles. The lowest BCUT2D eigenvalue weighted by Crippen LogP contribution is -2.21. The molecule has 0 unspecified atom stereocenters. The molecule has 0 saturated heterocycles. The van der Waals surface area contributed by atoms with Gasteiger partial charge in [-0.05, 0) is 30.3 Å². The number of carbonyl (C=O) groups excluding carboxylic acids is 1. The standard InChI is InChI=1S/C22H16N4O4/c1-25-18-11-3-2-9-16(18)20(27)19(17-10-4-5-12-23-17)21(25)24-22(28)14-7-6-8-15(13-14)26(29)30/h2-13H,1H3,(H,24,28). The summed E-state index contributed by atoms with van der Waals surface area (Å²) < 4.78 is 1.70. The number of nitro benzene ring substituents is 1. The van der Waals surface area contributed by atoms with Gasteiger partial charge in [-0.2, -0.15) is 0 Å². The number of fused-ring (bicyclic) bond motifs is 1. The molecule has 2 aromatic heterocycles. The third-order valence-electron chi connectivity index (χ3n) is 4.78. The molecule has 2 aromatic carbocycles. The van der Waals surface area contributed by atoms with Crippen molar-refractivity contribution in [3.05, 3.63) is 98.8 Å². The summed E-state index contributed by atoms with van der Waals surface area (Å²) in [6, 6.07) is 17.7. The quantitative estimate of drug-likeness (QED) is 0.415. The minimum atomic E-state index is -0.568. The summed E-state index contributed by atoms with van der Waals surface area (Å²) in [5.74, 6) is -0.310. The zero-order valence-electron chi connectivity index (χ0n) is 15.9. The van der Waals surface area contributed by atoms with E-state index < -0.39 is 10.8 Å². The minimum Gasteiger partial charge on any atom is -0.330 e. The molecule has 4 rings (SSSR count). The molecule has 148 valence electrons. The van der Waals surface area contributed by atoms with Gasteiger partial charge in [-0.25, -0.2) is 0 Å². The van der Waals surface area contributed by atoms with Gasteiger partial charge in [0.25, 0.3) is 11.6 Å². The number of para-hydroxylation sites is 1. The molecule has 30 heavy (non-hydrogen) atoms. The highest BCUT2D eigenvalue weighted by molar-refractivity contribution is 6.07. The highest BCUT2D eigenvalue weighted by atomic mass is 16.6. The summed E-state index contributed by atoms with van der Waals surface area (Å²) in [5, 5.41) is 14.3. The number of amides is 1. The molecule has 0 aliphatic heterocycles. The number of nitro groups is 1. The van der Waals surface area contributed by atoms with Crippen LogP contribution in [0.2, 0.25) is 0 Å². The second-order valence-corrected chi connectivity index (χ2v) is 6.61. The largest absolute Gasteiger partial charge is 0.330 e. The SMILES string of the molecule is Cn1c(NC(=O)c2cccc([N+](=O)[O-])c2)c(-c2ccccn2)c(=O)c2ccccc21. The van der Waals surface area contributed by atoms with Crippen molar-refractivity contribution in [1.82, 2.24) is 9.55 Å². The second kappa shape index (κ2) is 7.59. The number of hydrogen-bond acceptors (Lipinski definition) is 5. The van der Waals surface area contributed by atoms with Crippen molar-refractivity contribution in [2.45, 2.75) is 0 Å². The van der Waals surface area contributed by atoms with Gasteiger partial charge in [0.05, 0.1) is 21.7 Å². The highest BCUT2D eigenvalue weighted by Gasteiger charge is 2.20. The third-order valence-corrected chi connectivity index (χ3v) is 4.78. The Morgan fingerprint density at radius 2 is 1.83 bits per heavy atom. The van der Waals surface area contributed by atoms with Gasteiger partial charge in [-0.3, -0.25) is 24.7 Å². The maximum atomic E-state index is 13.3. The topological polar surface area (TPSA) is 107 Å². The van der Waals surface area contributed by atoms with Crippen LogP contribution in [0.15, 0.2) is 77.7 Å². The minimum absolute atomic E-state index is 0.108. The number of benzene rings is 2. The molecule has 0 fully saturated rings. The first-order chi connectivity index (χ1) is 14.5. The second-order valence-electron chi connectivity index (χ2n) is 6.61. The highest BCUT2D eigenvalue weighted by Crippen LogP contribution is 2.27. The predicted octanol–water partition coefficient (Wildman–Crippen LogP) is 3.76. The van der Waals surface area contributed by atoms with Gasteiger partial charge in [0.2, 0.25) is 5.43 Å². The number of anilines is 1. The summed E-state index contributed by atoms with van der Waals surface area (Å²) in [6.07, 6.45) is 1.57. The Bertz CT molecular complexity index is 1350. The van der Waals surface area contributed by atoms with Gasteiger partial charge in [0, 0.05) is 36.3 Å². The molecule has 0 bridgehead atoms. The summed E-state index contributed by atoms with van der Waals surface area (Å²) >= 11 is 0. The van der Waals surface area contributed by atoms with Crippen LogP contribution in [-0.2, 0) is 7.05 Å². The normalized spacial score (nSPS) is 10.7. The van der Waals surface area contributed by atoms with E-state index in [2.05, 4.69) is 10.3 Å². The number of nitrogens with zero attached hydrogens (tertiary/aromatic N) is 3. The lowest BCUT2D eigenvalue weighted by molar-refractivity contribution is -0.384. The number of carbonyl (C=O) groups is 1. The van der Waals surface area contributed by atoms with Crippen LogP contribution < -0.4 is 10.7 Å². The summed E-state index contributed by atoms with van der Waals surface area (Å²) in [5.41, 5.74) is 0.943. The summed E-state index contributed by atoms with van der Waals surface area (Å²) in [6.45, 7) is 0. The van der Waals surface area contributed by atoms with Crippen LogP contribution in [-0.4, -0.2) is 20.4 Å².